The fourth-order valence-electron chi connectivity index (χ4n) is 6.49. The fourth-order valence-corrected chi connectivity index (χ4v) is 6.49. The number of hydrogen-bond donors (Lipinski definition) is 8. The number of carbonyl (C=O) groups is 5. The highest BCUT2D eigenvalue weighted by Gasteiger charge is 2.42. The van der Waals surface area contributed by atoms with E-state index in [1.54, 1.807) is 6.92 Å². The molecule has 1 fully saturated rings. The van der Waals surface area contributed by atoms with Gasteiger partial charge in [-0.2, -0.15) is 0 Å². The topological polar surface area (TPSA) is 196 Å². The predicted octanol–water partition coefficient (Wildman–Crippen LogP) is 4.40. The number of benzene rings is 1. The number of hydrazine groups is 1. The monoisotopic (exact) mass is 743 g/mol. The SMILES string of the molecule is CCCCC(NNc1ccc(CC(=O)NCCC(C)(C)C)cc1)C(=O)[C@H](CCCNC(N)=O)NC(=O)[C@H](C)NC1(C(=O)CCNC(C)(C)C)CCCC1. The van der Waals surface area contributed by atoms with E-state index in [-0.39, 0.29) is 53.7 Å². The number of amides is 4. The molecular weight excluding hydrogens is 672 g/mol. The number of carbonyl (C=O) groups excluding carboxylic acids is 5. The molecule has 9 N–H and O–H groups in total. The largest absolute Gasteiger partial charge is 0.356 e. The van der Waals surface area contributed by atoms with Crippen molar-refractivity contribution in [1.82, 2.24) is 32.0 Å². The van der Waals surface area contributed by atoms with E-state index in [1.165, 1.54) is 0 Å². The third kappa shape index (κ3) is 17.9. The van der Waals surface area contributed by atoms with Crippen LogP contribution in [0.15, 0.2) is 24.3 Å². The summed E-state index contributed by atoms with van der Waals surface area (Å²) in [4.78, 5) is 65.1. The zero-order chi connectivity index (χ0) is 39.7. The molecule has 53 heavy (non-hydrogen) atoms. The van der Waals surface area contributed by atoms with Crippen molar-refractivity contribution in [3.05, 3.63) is 29.8 Å². The van der Waals surface area contributed by atoms with E-state index < -0.39 is 29.7 Å². The zero-order valence-electron chi connectivity index (χ0n) is 33.8. The van der Waals surface area contributed by atoms with Crippen LogP contribution in [-0.4, -0.2) is 78.2 Å². The average molecular weight is 743 g/mol. The Morgan fingerprint density at radius 3 is 2.08 bits per heavy atom. The van der Waals surface area contributed by atoms with Crippen LogP contribution in [0.4, 0.5) is 10.5 Å². The number of primary amides is 1. The van der Waals surface area contributed by atoms with Crippen molar-refractivity contribution < 1.29 is 24.0 Å². The number of Topliss-reactive ketones (excluding diaryl/α,β-unsaturated/α-hetero) is 2. The highest BCUT2D eigenvalue weighted by molar-refractivity contribution is 5.95. The van der Waals surface area contributed by atoms with Gasteiger partial charge in [-0.25, -0.2) is 10.2 Å². The molecule has 3 atom stereocenters. The Kier molecular flexibility index (Phi) is 18.9. The Hall–Kier alpha value is -3.55. The number of anilines is 1. The molecule has 0 radical (unpaired) electrons. The summed E-state index contributed by atoms with van der Waals surface area (Å²) in [6.07, 6.45) is 7.58. The van der Waals surface area contributed by atoms with Gasteiger partial charge in [-0.3, -0.25) is 24.5 Å². The van der Waals surface area contributed by atoms with Gasteiger partial charge in [0.25, 0.3) is 0 Å². The van der Waals surface area contributed by atoms with Crippen LogP contribution in [0, 0.1) is 5.41 Å². The van der Waals surface area contributed by atoms with Gasteiger partial charge in [-0.15, -0.1) is 0 Å². The number of hydrogen-bond acceptors (Lipinski definition) is 9. The Labute approximate surface area is 318 Å². The molecule has 1 aromatic carbocycles. The quantitative estimate of drug-likeness (QED) is 0.0560. The van der Waals surface area contributed by atoms with Gasteiger partial charge in [-0.05, 0) is 89.3 Å². The number of ketones is 2. The summed E-state index contributed by atoms with van der Waals surface area (Å²) in [5.74, 6) is -0.480. The molecule has 1 aliphatic rings. The van der Waals surface area contributed by atoms with E-state index in [1.807, 2.05) is 24.3 Å². The second kappa shape index (κ2) is 22.0. The number of nitrogens with one attached hydrogen (secondary N) is 7. The normalized spacial score (nSPS) is 15.9. The summed E-state index contributed by atoms with van der Waals surface area (Å²) in [6, 6.07) is 4.62. The number of urea groups is 1. The number of unbranched alkanes of at least 4 members (excludes halogenated alkanes) is 1. The molecule has 1 saturated carbocycles. The molecule has 0 aliphatic heterocycles. The molecule has 0 saturated heterocycles. The molecule has 0 aromatic heterocycles. The molecule has 0 spiro atoms. The first kappa shape index (κ1) is 45.6. The van der Waals surface area contributed by atoms with Gasteiger partial charge in [0.15, 0.2) is 11.6 Å². The van der Waals surface area contributed by atoms with E-state index in [2.05, 4.69) is 85.9 Å². The van der Waals surface area contributed by atoms with Crippen molar-refractivity contribution >= 4 is 35.1 Å². The smallest absolute Gasteiger partial charge is 0.312 e. The molecule has 4 amide bonds. The second-order valence-corrected chi connectivity index (χ2v) is 16.9. The highest BCUT2D eigenvalue weighted by Crippen LogP contribution is 2.32. The molecule has 1 aliphatic carbocycles. The van der Waals surface area contributed by atoms with Gasteiger partial charge in [-0.1, -0.05) is 65.5 Å². The lowest BCUT2D eigenvalue weighted by molar-refractivity contribution is -0.131. The van der Waals surface area contributed by atoms with Crippen molar-refractivity contribution in [2.45, 2.75) is 162 Å². The standard InChI is InChI=1S/C40H70N8O5/c1-9-10-14-32(48-47-30-18-16-29(17-19-30)27-34(50)42-26-23-38(3,4)5)35(51)31(15-13-24-43-37(41)53)45-36(52)28(2)46-40(21-11-12-22-40)33(49)20-25-44-39(6,7)8/h16-19,28,31-32,44,46-48H,9-15,20-27H2,1-8H3,(H,42,50)(H,45,52)(H3,41,43,53)/t28-,31-,32?/m0/s1. The summed E-state index contributed by atoms with van der Waals surface area (Å²) in [5.41, 5.74) is 12.5. The summed E-state index contributed by atoms with van der Waals surface area (Å²) < 4.78 is 0. The van der Waals surface area contributed by atoms with E-state index >= 15 is 0 Å². The van der Waals surface area contributed by atoms with Crippen molar-refractivity contribution in [2.75, 3.05) is 25.1 Å². The number of nitrogens with two attached hydrogens (primary N) is 1. The highest BCUT2D eigenvalue weighted by atomic mass is 16.2. The Morgan fingerprint density at radius 1 is 0.849 bits per heavy atom. The molecule has 13 nitrogen and oxygen atoms in total. The van der Waals surface area contributed by atoms with Crippen LogP contribution >= 0.6 is 0 Å². The van der Waals surface area contributed by atoms with Crippen LogP contribution in [0.3, 0.4) is 0 Å². The fraction of sp³-hybridized carbons (Fsp3) is 0.725. The minimum absolute atomic E-state index is 0.0274. The maximum absolute atomic E-state index is 14.1. The van der Waals surface area contributed by atoms with Crippen molar-refractivity contribution in [3.63, 3.8) is 0 Å². The van der Waals surface area contributed by atoms with Gasteiger partial charge >= 0.3 is 6.03 Å². The van der Waals surface area contributed by atoms with Crippen LogP contribution in [0.1, 0.15) is 132 Å². The predicted molar refractivity (Wildman–Crippen MR) is 212 cm³/mol. The molecule has 1 unspecified atom stereocenters. The third-order valence-corrected chi connectivity index (χ3v) is 9.61. The Bertz CT molecular complexity index is 1320. The molecule has 300 valence electrons. The number of rotatable bonds is 24. The lowest BCUT2D eigenvalue weighted by Gasteiger charge is -2.33. The van der Waals surface area contributed by atoms with Gasteiger partial charge in [0.2, 0.25) is 11.8 Å². The lowest BCUT2D eigenvalue weighted by atomic mass is 9.88. The molecule has 13 heteroatoms. The Morgan fingerprint density at radius 2 is 1.49 bits per heavy atom. The second-order valence-electron chi connectivity index (χ2n) is 16.9. The van der Waals surface area contributed by atoms with E-state index in [0.717, 1.165) is 43.4 Å². The van der Waals surface area contributed by atoms with E-state index in [4.69, 9.17) is 5.73 Å². The molecule has 0 bridgehead atoms. The maximum Gasteiger partial charge on any atom is 0.312 e. The van der Waals surface area contributed by atoms with Crippen LogP contribution in [0.2, 0.25) is 0 Å². The average Bonchev–Trinajstić information content (AvgIpc) is 3.54. The summed E-state index contributed by atoms with van der Waals surface area (Å²) in [5, 5.41) is 15.3. The first-order valence-electron chi connectivity index (χ1n) is 19.6. The lowest BCUT2D eigenvalue weighted by Crippen LogP contribution is -2.60. The molecule has 2 rings (SSSR count). The third-order valence-electron chi connectivity index (χ3n) is 9.61. The van der Waals surface area contributed by atoms with Crippen molar-refractivity contribution in [1.29, 1.82) is 0 Å². The van der Waals surface area contributed by atoms with Gasteiger partial charge < -0.3 is 32.4 Å². The minimum atomic E-state index is -0.844. The first-order chi connectivity index (χ1) is 24.8. The van der Waals surface area contributed by atoms with E-state index in [9.17, 15) is 24.0 Å². The van der Waals surface area contributed by atoms with E-state index in [0.29, 0.717) is 45.2 Å². The molecule has 1 aromatic rings. The van der Waals surface area contributed by atoms with Crippen molar-refractivity contribution in [3.8, 4) is 0 Å². The maximum atomic E-state index is 14.1. The summed E-state index contributed by atoms with van der Waals surface area (Å²) >= 11 is 0. The van der Waals surface area contributed by atoms with Crippen molar-refractivity contribution in [2.24, 2.45) is 11.1 Å². The van der Waals surface area contributed by atoms with Gasteiger partial charge in [0.1, 0.15) is 0 Å². The van der Waals surface area contributed by atoms with Gasteiger partial charge in [0.05, 0.1) is 30.1 Å². The first-order valence-corrected chi connectivity index (χ1v) is 19.6. The summed E-state index contributed by atoms with van der Waals surface area (Å²) in [7, 11) is 0. The minimum Gasteiger partial charge on any atom is -0.356 e. The summed E-state index contributed by atoms with van der Waals surface area (Å²) in [6.45, 7) is 17.8. The van der Waals surface area contributed by atoms with Crippen LogP contribution < -0.4 is 43.2 Å². The van der Waals surface area contributed by atoms with Crippen LogP contribution in [0.5, 0.6) is 0 Å². The van der Waals surface area contributed by atoms with Crippen LogP contribution in [-0.2, 0) is 25.6 Å². The van der Waals surface area contributed by atoms with Gasteiger partial charge in [0, 0.05) is 37.3 Å². The molecule has 0 heterocycles. The Balaban J connectivity index is 2.12. The zero-order valence-corrected chi connectivity index (χ0v) is 33.8. The van der Waals surface area contributed by atoms with Crippen LogP contribution in [0.25, 0.3) is 0 Å². The molecular formula is C40H70N8O5.